The summed E-state index contributed by atoms with van der Waals surface area (Å²) in [6.07, 6.45) is -4.58. The van der Waals surface area contributed by atoms with Crippen molar-refractivity contribution in [2.75, 3.05) is 10.6 Å². The molecule has 2 aromatic rings. The Kier molecular flexibility index (Phi) is 5.28. The number of benzene rings is 2. The summed E-state index contributed by atoms with van der Waals surface area (Å²) in [6.45, 7) is 0.696. The molecule has 2 aromatic carbocycles. The number of rotatable bonds is 3. The number of halogens is 4. The zero-order valence-electron chi connectivity index (χ0n) is 12.5. The van der Waals surface area contributed by atoms with Gasteiger partial charge in [-0.1, -0.05) is 6.07 Å². The number of hydrogen-bond acceptors (Lipinski definition) is 2. The minimum absolute atomic E-state index is 0.0161. The highest BCUT2D eigenvalue weighted by atomic mass is 32.1. The Morgan fingerprint density at radius 2 is 1.75 bits per heavy atom. The molecule has 128 valence electrons. The van der Waals surface area contributed by atoms with Crippen LogP contribution in [-0.2, 0) is 12.9 Å². The molecule has 0 saturated heterocycles. The van der Waals surface area contributed by atoms with Crippen LogP contribution in [0.4, 0.5) is 28.9 Å². The van der Waals surface area contributed by atoms with Gasteiger partial charge in [-0.25, -0.2) is 4.39 Å². The van der Waals surface area contributed by atoms with Gasteiger partial charge in [-0.05, 0) is 54.5 Å². The second kappa shape index (κ2) is 7.04. The maximum absolute atomic E-state index is 12.8. The number of phenolic OH excluding ortho intramolecular Hbond substituents is 1. The zero-order chi connectivity index (χ0) is 17.9. The second-order valence-corrected chi connectivity index (χ2v) is 5.54. The fourth-order valence-electron chi connectivity index (χ4n) is 1.99. The molecule has 0 aliphatic carbocycles. The van der Waals surface area contributed by atoms with Gasteiger partial charge in [0.25, 0.3) is 0 Å². The van der Waals surface area contributed by atoms with E-state index in [0.717, 1.165) is 12.1 Å². The molecule has 0 spiro atoms. The van der Waals surface area contributed by atoms with Crippen molar-refractivity contribution < 1.29 is 22.7 Å². The van der Waals surface area contributed by atoms with Crippen molar-refractivity contribution in [1.82, 2.24) is 0 Å². The quantitative estimate of drug-likeness (QED) is 0.534. The van der Waals surface area contributed by atoms with Crippen molar-refractivity contribution in [1.29, 1.82) is 0 Å². The maximum Gasteiger partial charge on any atom is 0.416 e. The second-order valence-electron chi connectivity index (χ2n) is 5.13. The van der Waals surface area contributed by atoms with Crippen LogP contribution in [-0.4, -0.2) is 10.2 Å². The normalized spacial score (nSPS) is 11.2. The van der Waals surface area contributed by atoms with Crippen molar-refractivity contribution >= 4 is 28.7 Å². The van der Waals surface area contributed by atoms with Crippen LogP contribution in [0.25, 0.3) is 0 Å². The average molecular weight is 358 g/mol. The summed E-state index contributed by atoms with van der Waals surface area (Å²) in [6, 6.07) is 7.59. The van der Waals surface area contributed by atoms with Gasteiger partial charge in [0.1, 0.15) is 12.4 Å². The number of aromatic hydroxyl groups is 1. The van der Waals surface area contributed by atoms with Gasteiger partial charge in [-0.2, -0.15) is 13.2 Å². The maximum atomic E-state index is 12.8. The van der Waals surface area contributed by atoms with Gasteiger partial charge in [0, 0.05) is 17.4 Å². The van der Waals surface area contributed by atoms with E-state index < -0.39 is 18.4 Å². The van der Waals surface area contributed by atoms with Gasteiger partial charge in [0.2, 0.25) is 0 Å². The smallest absolute Gasteiger partial charge is 0.416 e. The first-order chi connectivity index (χ1) is 11.2. The SMILES string of the molecule is Cc1ccc(NC(=S)Nc2cc(CF)cc(C(F)(F)F)c2)cc1O. The Hall–Kier alpha value is -2.35. The number of phenols is 1. The van der Waals surface area contributed by atoms with Gasteiger partial charge in [-0.15, -0.1) is 0 Å². The van der Waals surface area contributed by atoms with Gasteiger partial charge < -0.3 is 15.7 Å². The van der Waals surface area contributed by atoms with E-state index >= 15 is 0 Å². The Labute approximate surface area is 141 Å². The van der Waals surface area contributed by atoms with E-state index in [1.165, 1.54) is 12.1 Å². The molecular formula is C16H14F4N2OS. The number of alkyl halides is 4. The topological polar surface area (TPSA) is 44.3 Å². The van der Waals surface area contributed by atoms with Crippen LogP contribution in [0.1, 0.15) is 16.7 Å². The molecule has 0 aliphatic heterocycles. The highest BCUT2D eigenvalue weighted by molar-refractivity contribution is 7.80. The van der Waals surface area contributed by atoms with Crippen molar-refractivity contribution in [2.45, 2.75) is 19.8 Å². The first-order valence-corrected chi connectivity index (χ1v) is 7.24. The van der Waals surface area contributed by atoms with Gasteiger partial charge in [0.05, 0.1) is 5.56 Å². The first kappa shape index (κ1) is 18.0. The summed E-state index contributed by atoms with van der Waals surface area (Å²) in [5.74, 6) is 0.0570. The third kappa shape index (κ3) is 4.58. The Bertz CT molecular complexity index is 762. The molecule has 3 nitrogen and oxygen atoms in total. The number of aryl methyl sites for hydroxylation is 1. The lowest BCUT2D eigenvalue weighted by Crippen LogP contribution is -2.19. The summed E-state index contributed by atoms with van der Waals surface area (Å²) in [4.78, 5) is 0. The Balaban J connectivity index is 2.17. The van der Waals surface area contributed by atoms with Crippen LogP contribution >= 0.6 is 12.2 Å². The van der Waals surface area contributed by atoms with Crippen molar-refractivity contribution in [3.05, 3.63) is 53.1 Å². The van der Waals surface area contributed by atoms with E-state index in [-0.39, 0.29) is 22.1 Å². The highest BCUT2D eigenvalue weighted by Crippen LogP contribution is 2.32. The summed E-state index contributed by atoms with van der Waals surface area (Å²) >= 11 is 5.03. The summed E-state index contributed by atoms with van der Waals surface area (Å²) in [5, 5.41) is 15.0. The van der Waals surface area contributed by atoms with E-state index in [0.29, 0.717) is 11.3 Å². The first-order valence-electron chi connectivity index (χ1n) is 6.84. The van der Waals surface area contributed by atoms with Crippen LogP contribution < -0.4 is 10.6 Å². The molecule has 0 radical (unpaired) electrons. The number of nitrogens with one attached hydrogen (secondary N) is 2. The number of thiocarbonyl (C=S) groups is 1. The van der Waals surface area contributed by atoms with Crippen molar-refractivity contribution in [3.63, 3.8) is 0 Å². The molecule has 0 aromatic heterocycles. The minimum Gasteiger partial charge on any atom is -0.508 e. The molecule has 0 aliphatic rings. The van der Waals surface area contributed by atoms with Crippen LogP contribution in [0.2, 0.25) is 0 Å². The largest absolute Gasteiger partial charge is 0.508 e. The minimum atomic E-state index is -4.58. The van der Waals surface area contributed by atoms with Gasteiger partial charge in [-0.3, -0.25) is 0 Å². The zero-order valence-corrected chi connectivity index (χ0v) is 13.4. The standard InChI is InChI=1S/C16H14F4N2OS/c1-9-2-3-12(7-14(9)23)21-15(24)22-13-5-10(8-17)4-11(6-13)16(18,19)20/h2-7,23H,8H2,1H3,(H2,21,22,24). The fraction of sp³-hybridized carbons (Fsp3) is 0.188. The third-order valence-corrected chi connectivity index (χ3v) is 3.40. The third-order valence-electron chi connectivity index (χ3n) is 3.20. The molecule has 0 bridgehead atoms. The van der Waals surface area contributed by atoms with E-state index in [1.807, 2.05) is 0 Å². The predicted octanol–water partition coefficient (Wildman–Crippen LogP) is 5.00. The van der Waals surface area contributed by atoms with Gasteiger partial charge in [0.15, 0.2) is 5.11 Å². The lowest BCUT2D eigenvalue weighted by atomic mass is 10.1. The van der Waals surface area contributed by atoms with Crippen LogP contribution in [0, 0.1) is 6.92 Å². The lowest BCUT2D eigenvalue weighted by molar-refractivity contribution is -0.137. The molecule has 0 amide bonds. The van der Waals surface area contributed by atoms with Crippen molar-refractivity contribution in [2.24, 2.45) is 0 Å². The molecular weight excluding hydrogens is 344 g/mol. The van der Waals surface area contributed by atoms with E-state index in [9.17, 15) is 22.7 Å². The fourth-order valence-corrected chi connectivity index (χ4v) is 2.22. The van der Waals surface area contributed by atoms with Crippen LogP contribution in [0.3, 0.4) is 0 Å². The molecule has 8 heteroatoms. The van der Waals surface area contributed by atoms with Gasteiger partial charge >= 0.3 is 6.18 Å². The number of anilines is 2. The highest BCUT2D eigenvalue weighted by Gasteiger charge is 2.31. The lowest BCUT2D eigenvalue weighted by Gasteiger charge is -2.14. The Morgan fingerprint density at radius 3 is 2.33 bits per heavy atom. The van der Waals surface area contributed by atoms with E-state index in [1.54, 1.807) is 19.1 Å². The molecule has 0 saturated carbocycles. The molecule has 0 fully saturated rings. The molecule has 2 rings (SSSR count). The summed E-state index contributed by atoms with van der Waals surface area (Å²) in [7, 11) is 0. The van der Waals surface area contributed by atoms with Crippen molar-refractivity contribution in [3.8, 4) is 5.75 Å². The molecule has 24 heavy (non-hydrogen) atoms. The van der Waals surface area contributed by atoms with E-state index in [2.05, 4.69) is 10.6 Å². The predicted molar refractivity (Wildman–Crippen MR) is 88.9 cm³/mol. The number of hydrogen-bond donors (Lipinski definition) is 3. The summed E-state index contributed by atoms with van der Waals surface area (Å²) in [5.41, 5.74) is 0.0866. The monoisotopic (exact) mass is 358 g/mol. The summed E-state index contributed by atoms with van der Waals surface area (Å²) < 4.78 is 51.2. The van der Waals surface area contributed by atoms with E-state index in [4.69, 9.17) is 12.2 Å². The Morgan fingerprint density at radius 1 is 1.08 bits per heavy atom. The molecule has 3 N–H and O–H groups in total. The molecule has 0 heterocycles. The molecule has 0 atom stereocenters. The molecule has 0 unspecified atom stereocenters. The van der Waals surface area contributed by atoms with Crippen LogP contribution in [0.5, 0.6) is 5.75 Å². The van der Waals surface area contributed by atoms with Crippen LogP contribution in [0.15, 0.2) is 36.4 Å². The average Bonchev–Trinajstić information content (AvgIpc) is 2.49.